The van der Waals surface area contributed by atoms with Crippen LogP contribution in [0.3, 0.4) is 0 Å². The van der Waals surface area contributed by atoms with E-state index in [2.05, 4.69) is 15.9 Å². The molecular formula is C14H16BrClN2O3. The Hall–Kier alpha value is -1.11. The smallest absolute Gasteiger partial charge is 0.254 e. The molecule has 1 aromatic carbocycles. The molecule has 1 heterocycles. The van der Waals surface area contributed by atoms with Crippen molar-refractivity contribution in [1.82, 2.24) is 9.80 Å². The van der Waals surface area contributed by atoms with Gasteiger partial charge in [-0.25, -0.2) is 0 Å². The van der Waals surface area contributed by atoms with E-state index in [0.29, 0.717) is 41.2 Å². The number of methoxy groups -OCH3 is 1. The van der Waals surface area contributed by atoms with E-state index in [4.69, 9.17) is 16.3 Å². The molecule has 2 rings (SSSR count). The number of piperazine rings is 1. The summed E-state index contributed by atoms with van der Waals surface area (Å²) in [4.78, 5) is 27.6. The molecule has 21 heavy (non-hydrogen) atoms. The van der Waals surface area contributed by atoms with Gasteiger partial charge in [-0.15, -0.1) is 0 Å². The van der Waals surface area contributed by atoms with E-state index in [-0.39, 0.29) is 18.4 Å². The van der Waals surface area contributed by atoms with Crippen LogP contribution >= 0.6 is 27.5 Å². The minimum Gasteiger partial charge on any atom is -0.375 e. The van der Waals surface area contributed by atoms with Gasteiger partial charge in [-0.05, 0) is 34.1 Å². The second-order valence-corrected chi connectivity index (χ2v) is 6.00. The van der Waals surface area contributed by atoms with Gasteiger partial charge in [0.2, 0.25) is 5.91 Å². The number of carbonyl (C=O) groups is 2. The fourth-order valence-corrected chi connectivity index (χ4v) is 2.68. The molecule has 0 atom stereocenters. The van der Waals surface area contributed by atoms with Crippen LogP contribution in [0, 0.1) is 0 Å². The lowest BCUT2D eigenvalue weighted by atomic mass is 10.2. The van der Waals surface area contributed by atoms with Gasteiger partial charge in [0, 0.05) is 43.3 Å². The maximum Gasteiger partial charge on any atom is 0.254 e. The number of halogens is 2. The maximum absolute atomic E-state index is 12.4. The molecule has 0 unspecified atom stereocenters. The molecule has 114 valence electrons. The molecule has 0 radical (unpaired) electrons. The molecule has 7 heteroatoms. The molecule has 2 amide bonds. The lowest BCUT2D eigenvalue weighted by molar-refractivity contribution is -0.136. The first-order valence-corrected chi connectivity index (χ1v) is 7.71. The highest BCUT2D eigenvalue weighted by Crippen LogP contribution is 2.24. The Bertz CT molecular complexity index is 545. The second-order valence-electron chi connectivity index (χ2n) is 4.73. The molecule has 1 aliphatic rings. The van der Waals surface area contributed by atoms with E-state index in [1.807, 2.05) is 0 Å². The summed E-state index contributed by atoms with van der Waals surface area (Å²) in [5.41, 5.74) is 0.586. The number of hydrogen-bond donors (Lipinski definition) is 0. The number of ether oxygens (including phenoxy) is 1. The van der Waals surface area contributed by atoms with Crippen molar-refractivity contribution in [2.75, 3.05) is 39.9 Å². The van der Waals surface area contributed by atoms with E-state index in [1.54, 1.807) is 28.0 Å². The minimum atomic E-state index is -0.0498. The van der Waals surface area contributed by atoms with Gasteiger partial charge < -0.3 is 14.5 Å². The highest BCUT2D eigenvalue weighted by atomic mass is 79.9. The van der Waals surface area contributed by atoms with Crippen LogP contribution in [0.25, 0.3) is 0 Å². The number of carbonyl (C=O) groups excluding carboxylic acids is 2. The Labute approximate surface area is 136 Å². The standard InChI is InChI=1S/C14H16BrClN2O3/c1-21-9-13(19)17-4-6-18(7-5-17)14(20)10-2-3-12(16)11(15)8-10/h2-3,8H,4-7,9H2,1H3. The average Bonchev–Trinajstić information content (AvgIpc) is 2.50. The summed E-state index contributed by atoms with van der Waals surface area (Å²) in [6, 6.07) is 5.11. The summed E-state index contributed by atoms with van der Waals surface area (Å²) >= 11 is 9.24. The van der Waals surface area contributed by atoms with Crippen LogP contribution in [0.4, 0.5) is 0 Å². The summed E-state index contributed by atoms with van der Waals surface area (Å²) in [5.74, 6) is -0.0926. The summed E-state index contributed by atoms with van der Waals surface area (Å²) in [5, 5.41) is 0.571. The van der Waals surface area contributed by atoms with Crippen molar-refractivity contribution < 1.29 is 14.3 Å². The quantitative estimate of drug-likeness (QED) is 0.812. The largest absolute Gasteiger partial charge is 0.375 e. The van der Waals surface area contributed by atoms with Crippen molar-refractivity contribution in [2.45, 2.75) is 0 Å². The number of amides is 2. The van der Waals surface area contributed by atoms with Crippen LogP contribution in [-0.2, 0) is 9.53 Å². The third-order valence-corrected chi connectivity index (χ3v) is 4.57. The van der Waals surface area contributed by atoms with Crippen molar-refractivity contribution in [3.8, 4) is 0 Å². The fraction of sp³-hybridized carbons (Fsp3) is 0.429. The molecule has 0 saturated carbocycles. The molecular weight excluding hydrogens is 360 g/mol. The Morgan fingerprint density at radius 2 is 1.86 bits per heavy atom. The predicted molar refractivity (Wildman–Crippen MR) is 83.5 cm³/mol. The Balaban J connectivity index is 1.97. The van der Waals surface area contributed by atoms with Crippen molar-refractivity contribution in [1.29, 1.82) is 0 Å². The highest BCUT2D eigenvalue weighted by molar-refractivity contribution is 9.10. The van der Waals surface area contributed by atoms with Gasteiger partial charge in [0.05, 0.1) is 5.02 Å². The summed E-state index contributed by atoms with van der Waals surface area (Å²) in [7, 11) is 1.50. The molecule has 0 bridgehead atoms. The zero-order valence-electron chi connectivity index (χ0n) is 11.6. The number of benzene rings is 1. The van der Waals surface area contributed by atoms with E-state index in [0.717, 1.165) is 0 Å². The lowest BCUT2D eigenvalue weighted by Gasteiger charge is -2.34. The third kappa shape index (κ3) is 3.96. The number of rotatable bonds is 3. The SMILES string of the molecule is COCC(=O)N1CCN(C(=O)c2ccc(Cl)c(Br)c2)CC1. The molecule has 1 saturated heterocycles. The van der Waals surface area contributed by atoms with Gasteiger partial charge in [-0.1, -0.05) is 11.6 Å². The third-order valence-electron chi connectivity index (χ3n) is 3.35. The Morgan fingerprint density at radius 1 is 1.24 bits per heavy atom. The summed E-state index contributed by atoms with van der Waals surface area (Å²) < 4.78 is 5.53. The normalized spacial score (nSPS) is 15.2. The number of hydrogen-bond acceptors (Lipinski definition) is 3. The van der Waals surface area contributed by atoms with Crippen LogP contribution in [0.1, 0.15) is 10.4 Å². The number of nitrogens with zero attached hydrogens (tertiary/aromatic N) is 2. The van der Waals surface area contributed by atoms with Gasteiger partial charge in [0.25, 0.3) is 5.91 Å². The molecule has 1 fully saturated rings. The molecule has 1 aromatic rings. The molecule has 1 aliphatic heterocycles. The zero-order valence-corrected chi connectivity index (χ0v) is 14.0. The Morgan fingerprint density at radius 3 is 2.43 bits per heavy atom. The second kappa shape index (κ2) is 7.24. The molecule has 0 spiro atoms. The maximum atomic E-state index is 12.4. The first-order chi connectivity index (χ1) is 10.0. The van der Waals surface area contributed by atoms with E-state index >= 15 is 0 Å². The van der Waals surface area contributed by atoms with Crippen LogP contribution in [-0.4, -0.2) is 61.5 Å². The van der Waals surface area contributed by atoms with E-state index < -0.39 is 0 Å². The summed E-state index contributed by atoms with van der Waals surface area (Å²) in [6.07, 6.45) is 0. The Kier molecular flexibility index (Phi) is 5.61. The van der Waals surface area contributed by atoms with Crippen LogP contribution in [0.5, 0.6) is 0 Å². The van der Waals surface area contributed by atoms with E-state index in [9.17, 15) is 9.59 Å². The average molecular weight is 376 g/mol. The van der Waals surface area contributed by atoms with Gasteiger partial charge >= 0.3 is 0 Å². The van der Waals surface area contributed by atoms with Gasteiger partial charge in [-0.3, -0.25) is 9.59 Å². The molecule has 0 aliphatic carbocycles. The molecule has 0 aromatic heterocycles. The summed E-state index contributed by atoms with van der Waals surface area (Å²) in [6.45, 7) is 2.19. The predicted octanol–water partition coefficient (Wildman–Crippen LogP) is 2.03. The van der Waals surface area contributed by atoms with Crippen molar-refractivity contribution >= 4 is 39.3 Å². The van der Waals surface area contributed by atoms with Crippen LogP contribution in [0.15, 0.2) is 22.7 Å². The van der Waals surface area contributed by atoms with Gasteiger partial charge in [0.1, 0.15) is 6.61 Å². The fourth-order valence-electron chi connectivity index (χ4n) is 2.19. The van der Waals surface area contributed by atoms with Crippen molar-refractivity contribution in [3.63, 3.8) is 0 Å². The van der Waals surface area contributed by atoms with Crippen LogP contribution < -0.4 is 0 Å². The zero-order chi connectivity index (χ0) is 15.4. The van der Waals surface area contributed by atoms with Crippen LogP contribution in [0.2, 0.25) is 5.02 Å². The first-order valence-electron chi connectivity index (χ1n) is 6.54. The van der Waals surface area contributed by atoms with Crippen molar-refractivity contribution in [3.05, 3.63) is 33.3 Å². The van der Waals surface area contributed by atoms with Gasteiger partial charge in [0.15, 0.2) is 0 Å². The highest BCUT2D eigenvalue weighted by Gasteiger charge is 2.24. The van der Waals surface area contributed by atoms with E-state index in [1.165, 1.54) is 7.11 Å². The molecule has 0 N–H and O–H groups in total. The minimum absolute atomic E-state index is 0.0427. The first kappa shape index (κ1) is 16.3. The topological polar surface area (TPSA) is 49.9 Å². The lowest BCUT2D eigenvalue weighted by Crippen LogP contribution is -2.51. The molecule has 5 nitrogen and oxygen atoms in total. The van der Waals surface area contributed by atoms with Gasteiger partial charge in [-0.2, -0.15) is 0 Å². The monoisotopic (exact) mass is 374 g/mol. The van der Waals surface area contributed by atoms with Crippen molar-refractivity contribution in [2.24, 2.45) is 0 Å².